The summed E-state index contributed by atoms with van der Waals surface area (Å²) >= 11 is 0. The molecule has 0 nitrogen and oxygen atoms in total. The first-order chi connectivity index (χ1) is 9.31. The first-order valence-electron chi connectivity index (χ1n) is 7.93. The van der Waals surface area contributed by atoms with Crippen LogP contribution in [0.15, 0.2) is 43.0 Å². The van der Waals surface area contributed by atoms with Crippen molar-refractivity contribution >= 4 is 0 Å². The molecule has 1 rings (SSSR count). The molecule has 0 heterocycles. The minimum absolute atomic E-state index is 1.20. The van der Waals surface area contributed by atoms with Gasteiger partial charge in [0.05, 0.1) is 0 Å². The van der Waals surface area contributed by atoms with Gasteiger partial charge in [0.15, 0.2) is 0 Å². The van der Waals surface area contributed by atoms with E-state index in [1.54, 1.807) is 0 Å². The maximum absolute atomic E-state index is 3.72. The normalized spacial score (nSPS) is 9.58. The van der Waals surface area contributed by atoms with Crippen LogP contribution in [0.1, 0.15) is 70.3 Å². The van der Waals surface area contributed by atoms with Crippen LogP contribution in [-0.2, 0) is 0 Å². The lowest BCUT2D eigenvalue weighted by Crippen LogP contribution is -1.79. The van der Waals surface area contributed by atoms with Crippen LogP contribution in [0.25, 0.3) is 0 Å². The molecule has 0 bridgehead atoms. The van der Waals surface area contributed by atoms with Crippen molar-refractivity contribution in [3.63, 3.8) is 0 Å². The van der Waals surface area contributed by atoms with Crippen molar-refractivity contribution in [2.24, 2.45) is 0 Å². The Balaban J connectivity index is 0.000000388. The molecular formula is C19H32. The van der Waals surface area contributed by atoms with Gasteiger partial charge in [-0.15, -0.1) is 6.58 Å². The summed E-state index contributed by atoms with van der Waals surface area (Å²) in [7, 11) is 0. The van der Waals surface area contributed by atoms with Crippen molar-refractivity contribution in [3.05, 3.63) is 48.6 Å². The van der Waals surface area contributed by atoms with Crippen molar-refractivity contribution in [2.75, 3.05) is 0 Å². The van der Waals surface area contributed by atoms with Crippen LogP contribution in [0, 0.1) is 6.92 Å². The maximum Gasteiger partial charge on any atom is -0.0353 e. The monoisotopic (exact) mass is 260 g/mol. The molecule has 0 aromatic heterocycles. The predicted molar refractivity (Wildman–Crippen MR) is 88.6 cm³/mol. The van der Waals surface area contributed by atoms with Crippen LogP contribution < -0.4 is 0 Å². The first-order valence-corrected chi connectivity index (χ1v) is 7.93. The van der Waals surface area contributed by atoms with Gasteiger partial charge in [-0.2, -0.15) is 0 Å². The number of hydrogen-bond donors (Lipinski definition) is 0. The number of unbranched alkanes of at least 4 members (excludes halogenated alkanes) is 8. The molecule has 0 amide bonds. The summed E-state index contributed by atoms with van der Waals surface area (Å²) in [5.41, 5.74) is 1.32. The van der Waals surface area contributed by atoms with E-state index in [2.05, 4.69) is 32.6 Å². The Labute approximate surface area is 120 Å². The molecule has 108 valence electrons. The van der Waals surface area contributed by atoms with Gasteiger partial charge in [0.1, 0.15) is 0 Å². The molecule has 0 aliphatic heterocycles. The van der Waals surface area contributed by atoms with E-state index >= 15 is 0 Å². The summed E-state index contributed by atoms with van der Waals surface area (Å²) in [6.45, 7) is 8.07. The number of allylic oxidation sites excluding steroid dienone is 1. The van der Waals surface area contributed by atoms with E-state index in [9.17, 15) is 0 Å². The summed E-state index contributed by atoms with van der Waals surface area (Å²) < 4.78 is 0. The Morgan fingerprint density at radius 2 is 1.37 bits per heavy atom. The maximum atomic E-state index is 3.72. The average molecular weight is 260 g/mol. The second-order valence-electron chi connectivity index (χ2n) is 5.21. The second kappa shape index (κ2) is 15.0. The highest BCUT2D eigenvalue weighted by atomic mass is 14.0. The lowest BCUT2D eigenvalue weighted by molar-refractivity contribution is 0.578. The van der Waals surface area contributed by atoms with Crippen molar-refractivity contribution < 1.29 is 0 Å². The zero-order valence-corrected chi connectivity index (χ0v) is 13.0. The van der Waals surface area contributed by atoms with Crippen molar-refractivity contribution in [1.29, 1.82) is 0 Å². The van der Waals surface area contributed by atoms with Gasteiger partial charge in [-0.3, -0.25) is 0 Å². The highest BCUT2D eigenvalue weighted by molar-refractivity contribution is 5.11. The standard InChI is InChI=1S/C12H24.C7H8/c1-3-5-7-9-11-12-10-8-6-4-2;1-7-5-3-2-4-6-7/h3H,1,4-12H2,2H3;2-6H,1H3. The van der Waals surface area contributed by atoms with Crippen LogP contribution >= 0.6 is 0 Å². The fraction of sp³-hybridized carbons (Fsp3) is 0.579. The topological polar surface area (TPSA) is 0 Å². The summed E-state index contributed by atoms with van der Waals surface area (Å²) in [6.07, 6.45) is 14.5. The summed E-state index contributed by atoms with van der Waals surface area (Å²) in [5, 5.41) is 0. The molecule has 0 radical (unpaired) electrons. The van der Waals surface area contributed by atoms with Gasteiger partial charge in [-0.1, -0.05) is 93.8 Å². The Hall–Kier alpha value is -1.04. The molecule has 0 saturated heterocycles. The van der Waals surface area contributed by atoms with E-state index < -0.39 is 0 Å². The van der Waals surface area contributed by atoms with Gasteiger partial charge < -0.3 is 0 Å². The third-order valence-electron chi connectivity index (χ3n) is 3.20. The largest absolute Gasteiger partial charge is 0.103 e. The molecule has 0 N–H and O–H groups in total. The van der Waals surface area contributed by atoms with E-state index in [0.717, 1.165) is 0 Å². The summed E-state index contributed by atoms with van der Waals surface area (Å²) in [4.78, 5) is 0. The SMILES string of the molecule is C=CCCCCCCCCCC.Cc1ccccc1. The molecule has 0 fully saturated rings. The van der Waals surface area contributed by atoms with E-state index in [1.807, 2.05) is 24.3 Å². The third-order valence-corrected chi connectivity index (χ3v) is 3.20. The van der Waals surface area contributed by atoms with Crippen LogP contribution in [0.3, 0.4) is 0 Å². The smallest absolute Gasteiger partial charge is 0.0353 e. The molecule has 0 aliphatic carbocycles. The van der Waals surface area contributed by atoms with Crippen LogP contribution in [0.5, 0.6) is 0 Å². The molecule has 0 heteroatoms. The van der Waals surface area contributed by atoms with Gasteiger partial charge in [-0.05, 0) is 19.8 Å². The molecule has 0 saturated carbocycles. The minimum Gasteiger partial charge on any atom is -0.103 e. The van der Waals surface area contributed by atoms with Crippen molar-refractivity contribution in [3.8, 4) is 0 Å². The van der Waals surface area contributed by atoms with Gasteiger partial charge in [0, 0.05) is 0 Å². The van der Waals surface area contributed by atoms with Gasteiger partial charge in [-0.25, -0.2) is 0 Å². The highest BCUT2D eigenvalue weighted by Crippen LogP contribution is 2.09. The Bertz CT molecular complexity index is 273. The number of benzene rings is 1. The fourth-order valence-electron chi connectivity index (χ4n) is 1.96. The predicted octanol–water partition coefficient (Wildman–Crippen LogP) is 6.70. The van der Waals surface area contributed by atoms with Crippen LogP contribution in [0.4, 0.5) is 0 Å². The molecule has 1 aromatic rings. The van der Waals surface area contributed by atoms with E-state index in [-0.39, 0.29) is 0 Å². The Kier molecular flexibility index (Phi) is 14.2. The zero-order chi connectivity index (χ0) is 14.2. The zero-order valence-electron chi connectivity index (χ0n) is 13.0. The van der Waals surface area contributed by atoms with Gasteiger partial charge >= 0.3 is 0 Å². The number of aryl methyl sites for hydroxylation is 1. The van der Waals surface area contributed by atoms with E-state index in [4.69, 9.17) is 0 Å². The highest BCUT2D eigenvalue weighted by Gasteiger charge is 1.89. The molecule has 0 unspecified atom stereocenters. The van der Waals surface area contributed by atoms with Crippen molar-refractivity contribution in [2.45, 2.75) is 71.6 Å². The van der Waals surface area contributed by atoms with E-state index in [1.165, 1.54) is 63.4 Å². The lowest BCUT2D eigenvalue weighted by Gasteiger charge is -1.99. The lowest BCUT2D eigenvalue weighted by atomic mass is 10.1. The molecular weight excluding hydrogens is 228 g/mol. The summed E-state index contributed by atoms with van der Waals surface area (Å²) in [5.74, 6) is 0. The fourth-order valence-corrected chi connectivity index (χ4v) is 1.96. The van der Waals surface area contributed by atoms with Crippen LogP contribution in [0.2, 0.25) is 0 Å². The number of rotatable bonds is 9. The van der Waals surface area contributed by atoms with Crippen molar-refractivity contribution in [1.82, 2.24) is 0 Å². The molecule has 0 spiro atoms. The Morgan fingerprint density at radius 1 is 0.842 bits per heavy atom. The minimum atomic E-state index is 1.20. The summed E-state index contributed by atoms with van der Waals surface area (Å²) in [6, 6.07) is 10.3. The van der Waals surface area contributed by atoms with Gasteiger partial charge in [0.2, 0.25) is 0 Å². The van der Waals surface area contributed by atoms with Crippen LogP contribution in [-0.4, -0.2) is 0 Å². The Morgan fingerprint density at radius 3 is 1.79 bits per heavy atom. The molecule has 19 heavy (non-hydrogen) atoms. The number of hydrogen-bond acceptors (Lipinski definition) is 0. The molecule has 0 aliphatic rings. The first kappa shape index (κ1) is 18.0. The van der Waals surface area contributed by atoms with Gasteiger partial charge in [0.25, 0.3) is 0 Å². The second-order valence-corrected chi connectivity index (χ2v) is 5.21. The van der Waals surface area contributed by atoms with E-state index in [0.29, 0.717) is 0 Å². The molecule has 0 atom stereocenters. The average Bonchev–Trinajstić information content (AvgIpc) is 2.43. The third kappa shape index (κ3) is 14.9. The quantitative estimate of drug-likeness (QED) is 0.342. The molecule has 1 aromatic carbocycles.